The molecular formula is C12H15N3. The molecule has 0 aliphatic carbocycles. The van der Waals surface area contributed by atoms with Gasteiger partial charge in [-0.05, 0) is 37.6 Å². The number of hydrogen-bond donors (Lipinski definition) is 2. The molecule has 2 aromatic rings. The molecule has 15 heavy (non-hydrogen) atoms. The molecule has 1 saturated heterocycles. The summed E-state index contributed by atoms with van der Waals surface area (Å²) in [6, 6.07) is 6.33. The summed E-state index contributed by atoms with van der Waals surface area (Å²) in [4.78, 5) is 7.73. The van der Waals surface area contributed by atoms with Crippen LogP contribution in [0.2, 0.25) is 0 Å². The first-order valence-corrected chi connectivity index (χ1v) is 5.58. The lowest BCUT2D eigenvalue weighted by atomic mass is 9.96. The average Bonchev–Trinajstić information content (AvgIpc) is 2.74. The molecule has 3 heteroatoms. The van der Waals surface area contributed by atoms with Gasteiger partial charge in [-0.1, -0.05) is 0 Å². The van der Waals surface area contributed by atoms with Crippen LogP contribution in [0.25, 0.3) is 11.0 Å². The molecule has 0 radical (unpaired) electrons. The number of aromatic nitrogens is 2. The van der Waals surface area contributed by atoms with Crippen molar-refractivity contribution in [1.82, 2.24) is 15.3 Å². The van der Waals surface area contributed by atoms with E-state index in [4.69, 9.17) is 0 Å². The molecule has 2 aromatic heterocycles. The number of pyridine rings is 1. The van der Waals surface area contributed by atoms with Gasteiger partial charge in [-0.2, -0.15) is 0 Å². The Hall–Kier alpha value is -1.35. The van der Waals surface area contributed by atoms with E-state index in [-0.39, 0.29) is 0 Å². The highest BCUT2D eigenvalue weighted by Gasteiger charge is 2.16. The molecule has 3 heterocycles. The van der Waals surface area contributed by atoms with E-state index in [9.17, 15) is 0 Å². The Balaban J connectivity index is 1.96. The third kappa shape index (κ3) is 1.63. The predicted molar refractivity (Wildman–Crippen MR) is 60.9 cm³/mol. The fourth-order valence-electron chi connectivity index (χ4n) is 2.32. The first-order valence-electron chi connectivity index (χ1n) is 5.58. The van der Waals surface area contributed by atoms with Gasteiger partial charge in [0, 0.05) is 29.7 Å². The van der Waals surface area contributed by atoms with E-state index in [1.165, 1.54) is 23.9 Å². The van der Waals surface area contributed by atoms with Crippen LogP contribution in [-0.4, -0.2) is 23.1 Å². The number of nitrogens with zero attached hydrogens (tertiary/aromatic N) is 1. The molecule has 0 amide bonds. The molecule has 1 aliphatic rings. The molecule has 2 N–H and O–H groups in total. The van der Waals surface area contributed by atoms with Gasteiger partial charge in [0.2, 0.25) is 0 Å². The van der Waals surface area contributed by atoms with E-state index in [1.54, 1.807) is 0 Å². The predicted octanol–water partition coefficient (Wildman–Crippen LogP) is 2.03. The Kier molecular flexibility index (Phi) is 2.18. The highest BCUT2D eigenvalue weighted by molar-refractivity contribution is 5.76. The minimum absolute atomic E-state index is 0.632. The van der Waals surface area contributed by atoms with Crippen LogP contribution < -0.4 is 5.32 Å². The van der Waals surface area contributed by atoms with Crippen LogP contribution in [-0.2, 0) is 0 Å². The molecule has 1 atom stereocenters. The Morgan fingerprint density at radius 1 is 1.40 bits per heavy atom. The monoisotopic (exact) mass is 201 g/mol. The summed E-state index contributed by atoms with van der Waals surface area (Å²) in [7, 11) is 0. The standard InChI is InChI=1S/C12H15N3/c1-4-10(8-13-5-1)11-7-9-3-2-6-14-12(9)15-11/h2-3,6-7,10,13H,1,4-5,8H2,(H,14,15)/t10-/m1/s1. The normalized spacial score (nSPS) is 22.0. The largest absolute Gasteiger partial charge is 0.343 e. The van der Waals surface area contributed by atoms with E-state index in [0.717, 1.165) is 18.7 Å². The molecule has 0 aromatic carbocycles. The van der Waals surface area contributed by atoms with Gasteiger partial charge < -0.3 is 10.3 Å². The van der Waals surface area contributed by atoms with Crippen LogP contribution in [0, 0.1) is 0 Å². The van der Waals surface area contributed by atoms with Crippen LogP contribution in [0.3, 0.4) is 0 Å². The summed E-state index contributed by atoms with van der Waals surface area (Å²) in [6.45, 7) is 2.25. The van der Waals surface area contributed by atoms with Crippen molar-refractivity contribution in [2.45, 2.75) is 18.8 Å². The van der Waals surface area contributed by atoms with Crippen LogP contribution in [0.15, 0.2) is 24.4 Å². The van der Waals surface area contributed by atoms with Crippen molar-refractivity contribution < 1.29 is 0 Å². The minimum atomic E-state index is 0.632. The molecule has 3 nitrogen and oxygen atoms in total. The number of rotatable bonds is 1. The van der Waals surface area contributed by atoms with E-state index in [2.05, 4.69) is 27.4 Å². The zero-order valence-electron chi connectivity index (χ0n) is 8.66. The minimum Gasteiger partial charge on any atom is -0.343 e. The summed E-state index contributed by atoms with van der Waals surface area (Å²) < 4.78 is 0. The van der Waals surface area contributed by atoms with Crippen molar-refractivity contribution in [2.24, 2.45) is 0 Å². The number of hydrogen-bond acceptors (Lipinski definition) is 2. The maximum absolute atomic E-state index is 4.32. The lowest BCUT2D eigenvalue weighted by Crippen LogP contribution is -2.28. The molecule has 0 bridgehead atoms. The van der Waals surface area contributed by atoms with Crippen LogP contribution in [0.1, 0.15) is 24.5 Å². The quantitative estimate of drug-likeness (QED) is 0.741. The first kappa shape index (κ1) is 8.92. The third-order valence-corrected chi connectivity index (χ3v) is 3.15. The Labute approximate surface area is 88.9 Å². The van der Waals surface area contributed by atoms with Gasteiger partial charge in [-0.25, -0.2) is 4.98 Å². The SMILES string of the molecule is c1cnc2[nH]c([C@@H]3CCCNC3)cc2c1. The molecule has 0 unspecified atom stereocenters. The first-order chi connectivity index (χ1) is 7.43. The summed E-state index contributed by atoms with van der Waals surface area (Å²) in [5, 5.41) is 4.66. The molecule has 1 fully saturated rings. The maximum atomic E-state index is 4.32. The lowest BCUT2D eigenvalue weighted by molar-refractivity contribution is 0.456. The zero-order chi connectivity index (χ0) is 10.1. The summed E-state index contributed by atoms with van der Waals surface area (Å²) in [5.74, 6) is 0.632. The number of fused-ring (bicyclic) bond motifs is 1. The molecule has 3 rings (SSSR count). The van der Waals surface area contributed by atoms with Crippen molar-refractivity contribution in [3.8, 4) is 0 Å². The molecule has 1 aliphatic heterocycles. The molecular weight excluding hydrogens is 186 g/mol. The topological polar surface area (TPSA) is 40.7 Å². The van der Waals surface area contributed by atoms with Gasteiger partial charge in [0.05, 0.1) is 0 Å². The smallest absolute Gasteiger partial charge is 0.137 e. The van der Waals surface area contributed by atoms with Crippen LogP contribution >= 0.6 is 0 Å². The van der Waals surface area contributed by atoms with Gasteiger partial charge in [-0.3, -0.25) is 0 Å². The highest BCUT2D eigenvalue weighted by Crippen LogP contribution is 2.25. The Morgan fingerprint density at radius 3 is 3.20 bits per heavy atom. The van der Waals surface area contributed by atoms with Crippen LogP contribution in [0.5, 0.6) is 0 Å². The average molecular weight is 201 g/mol. The van der Waals surface area contributed by atoms with Gasteiger partial charge in [0.25, 0.3) is 0 Å². The maximum Gasteiger partial charge on any atom is 0.137 e. The summed E-state index contributed by atoms with van der Waals surface area (Å²) >= 11 is 0. The second kappa shape index (κ2) is 3.66. The van der Waals surface area contributed by atoms with Gasteiger partial charge in [0.15, 0.2) is 0 Å². The fraction of sp³-hybridized carbons (Fsp3) is 0.417. The van der Waals surface area contributed by atoms with Gasteiger partial charge in [0.1, 0.15) is 5.65 Å². The highest BCUT2D eigenvalue weighted by atomic mass is 14.9. The Morgan fingerprint density at radius 2 is 2.40 bits per heavy atom. The molecule has 78 valence electrons. The number of piperidine rings is 1. The number of nitrogens with one attached hydrogen (secondary N) is 2. The van der Waals surface area contributed by atoms with E-state index in [0.29, 0.717) is 5.92 Å². The van der Waals surface area contributed by atoms with E-state index < -0.39 is 0 Å². The van der Waals surface area contributed by atoms with Crippen molar-refractivity contribution in [3.05, 3.63) is 30.1 Å². The summed E-state index contributed by atoms with van der Waals surface area (Å²) in [6.07, 6.45) is 4.38. The number of aromatic amines is 1. The van der Waals surface area contributed by atoms with Gasteiger partial charge in [-0.15, -0.1) is 0 Å². The zero-order valence-corrected chi connectivity index (χ0v) is 8.66. The fourth-order valence-corrected chi connectivity index (χ4v) is 2.32. The van der Waals surface area contributed by atoms with Crippen LogP contribution in [0.4, 0.5) is 0 Å². The van der Waals surface area contributed by atoms with Crippen molar-refractivity contribution in [2.75, 3.05) is 13.1 Å². The van der Waals surface area contributed by atoms with Crippen molar-refractivity contribution in [1.29, 1.82) is 0 Å². The van der Waals surface area contributed by atoms with E-state index >= 15 is 0 Å². The second-order valence-corrected chi connectivity index (χ2v) is 4.21. The van der Waals surface area contributed by atoms with E-state index in [1.807, 2.05) is 12.3 Å². The second-order valence-electron chi connectivity index (χ2n) is 4.21. The Bertz CT molecular complexity index is 422. The van der Waals surface area contributed by atoms with Crippen molar-refractivity contribution >= 4 is 11.0 Å². The third-order valence-electron chi connectivity index (χ3n) is 3.15. The van der Waals surface area contributed by atoms with Gasteiger partial charge >= 0.3 is 0 Å². The molecule has 0 spiro atoms. The lowest BCUT2D eigenvalue weighted by Gasteiger charge is -2.21. The van der Waals surface area contributed by atoms with Crippen molar-refractivity contribution in [3.63, 3.8) is 0 Å². The number of H-pyrrole nitrogens is 1. The molecule has 0 saturated carbocycles. The summed E-state index contributed by atoms with van der Waals surface area (Å²) in [5.41, 5.74) is 2.34.